The van der Waals surface area contributed by atoms with Crippen molar-refractivity contribution in [3.63, 3.8) is 0 Å². The van der Waals surface area contributed by atoms with Crippen LogP contribution in [0.25, 0.3) is 0 Å². The van der Waals surface area contributed by atoms with Gasteiger partial charge in [0.05, 0.1) is 0 Å². The maximum atomic E-state index is 2.85. The summed E-state index contributed by atoms with van der Waals surface area (Å²) in [6.07, 6.45) is 5.59. The molecule has 112 valence electrons. The van der Waals surface area contributed by atoms with Crippen LogP contribution in [0.5, 0.6) is 0 Å². The molecule has 0 aromatic carbocycles. The van der Waals surface area contributed by atoms with E-state index in [1.165, 1.54) is 45.3 Å². The average Bonchev–Trinajstić information content (AvgIpc) is 2.44. The Balaban J connectivity index is 2.09. The third-order valence-electron chi connectivity index (χ3n) is 5.78. The second-order valence-corrected chi connectivity index (χ2v) is 7.28. The molecule has 4 atom stereocenters. The summed E-state index contributed by atoms with van der Waals surface area (Å²) < 4.78 is 0. The molecule has 2 aliphatic heterocycles. The van der Waals surface area contributed by atoms with Gasteiger partial charge in [0.15, 0.2) is 0 Å². The third kappa shape index (κ3) is 3.33. The van der Waals surface area contributed by atoms with Gasteiger partial charge < -0.3 is 0 Å². The van der Waals surface area contributed by atoms with Crippen molar-refractivity contribution in [1.82, 2.24) is 9.80 Å². The van der Waals surface area contributed by atoms with Crippen molar-refractivity contribution >= 4 is 0 Å². The first-order valence-corrected chi connectivity index (χ1v) is 8.54. The second-order valence-electron chi connectivity index (χ2n) is 7.28. The van der Waals surface area contributed by atoms with Crippen molar-refractivity contribution in [2.45, 2.75) is 78.4 Å². The van der Waals surface area contributed by atoms with Crippen LogP contribution in [0.2, 0.25) is 0 Å². The molecule has 0 spiro atoms. The molecule has 0 N–H and O–H groups in total. The Bertz CT molecular complexity index is 276. The SMILES string of the molecule is CCC(C)C(C)N1CC2CCCCN2CC1C(C)C. The molecule has 0 aromatic rings. The molecule has 2 saturated heterocycles. The van der Waals surface area contributed by atoms with Crippen molar-refractivity contribution in [1.29, 1.82) is 0 Å². The lowest BCUT2D eigenvalue weighted by Gasteiger charge is -2.52. The van der Waals surface area contributed by atoms with Gasteiger partial charge >= 0.3 is 0 Å². The van der Waals surface area contributed by atoms with Crippen molar-refractivity contribution in [3.05, 3.63) is 0 Å². The third-order valence-corrected chi connectivity index (χ3v) is 5.78. The maximum absolute atomic E-state index is 2.85. The fourth-order valence-corrected chi connectivity index (χ4v) is 3.96. The molecule has 2 heteroatoms. The number of hydrogen-bond donors (Lipinski definition) is 0. The molecule has 2 rings (SSSR count). The lowest BCUT2D eigenvalue weighted by atomic mass is 9.88. The van der Waals surface area contributed by atoms with Gasteiger partial charge in [-0.1, -0.05) is 40.5 Å². The molecule has 4 unspecified atom stereocenters. The summed E-state index contributed by atoms with van der Waals surface area (Å²) in [6.45, 7) is 16.0. The molecular formula is C17H34N2. The highest BCUT2D eigenvalue weighted by Gasteiger charge is 2.38. The van der Waals surface area contributed by atoms with Crippen LogP contribution in [0, 0.1) is 11.8 Å². The molecule has 0 aliphatic carbocycles. The summed E-state index contributed by atoms with van der Waals surface area (Å²) in [5.41, 5.74) is 0. The number of piperazine rings is 1. The highest BCUT2D eigenvalue weighted by molar-refractivity contribution is 4.94. The van der Waals surface area contributed by atoms with Gasteiger partial charge in [-0.25, -0.2) is 0 Å². The molecule has 0 aromatic heterocycles. The fourth-order valence-electron chi connectivity index (χ4n) is 3.96. The molecule has 2 nitrogen and oxygen atoms in total. The zero-order valence-corrected chi connectivity index (χ0v) is 13.7. The van der Waals surface area contributed by atoms with E-state index in [2.05, 4.69) is 44.4 Å². The lowest BCUT2D eigenvalue weighted by Crippen LogP contribution is -2.63. The maximum Gasteiger partial charge on any atom is 0.0249 e. The van der Waals surface area contributed by atoms with Crippen molar-refractivity contribution in [2.24, 2.45) is 11.8 Å². The van der Waals surface area contributed by atoms with Crippen LogP contribution in [0.4, 0.5) is 0 Å². The van der Waals surface area contributed by atoms with E-state index in [0.717, 1.165) is 30.0 Å². The number of piperidine rings is 1. The van der Waals surface area contributed by atoms with E-state index < -0.39 is 0 Å². The standard InChI is InChI=1S/C17H34N2/c1-6-14(4)15(5)19-11-16-9-7-8-10-18(16)12-17(19)13(2)3/h13-17H,6-12H2,1-5H3. The topological polar surface area (TPSA) is 6.48 Å². The van der Waals surface area contributed by atoms with Gasteiger partial charge in [-0.2, -0.15) is 0 Å². The largest absolute Gasteiger partial charge is 0.298 e. The van der Waals surface area contributed by atoms with Gasteiger partial charge in [-0.3, -0.25) is 9.80 Å². The van der Waals surface area contributed by atoms with E-state index in [1.54, 1.807) is 0 Å². The van der Waals surface area contributed by atoms with Crippen LogP contribution >= 0.6 is 0 Å². The number of rotatable bonds is 4. The van der Waals surface area contributed by atoms with E-state index in [1.807, 2.05) is 0 Å². The van der Waals surface area contributed by atoms with Crippen LogP contribution in [0.3, 0.4) is 0 Å². The molecule has 2 aliphatic rings. The summed E-state index contributed by atoms with van der Waals surface area (Å²) in [7, 11) is 0. The summed E-state index contributed by atoms with van der Waals surface area (Å²) in [5, 5.41) is 0. The Morgan fingerprint density at radius 3 is 2.42 bits per heavy atom. The predicted octanol–water partition coefficient (Wildman–Crippen LogP) is 3.62. The van der Waals surface area contributed by atoms with Gasteiger partial charge in [0.2, 0.25) is 0 Å². The molecular weight excluding hydrogens is 232 g/mol. The summed E-state index contributed by atoms with van der Waals surface area (Å²) >= 11 is 0. The molecule has 0 bridgehead atoms. The first-order valence-electron chi connectivity index (χ1n) is 8.54. The van der Waals surface area contributed by atoms with Crippen LogP contribution < -0.4 is 0 Å². The molecule has 0 saturated carbocycles. The molecule has 2 heterocycles. The lowest BCUT2D eigenvalue weighted by molar-refractivity contribution is -0.0373. The quantitative estimate of drug-likeness (QED) is 0.767. The van der Waals surface area contributed by atoms with Crippen molar-refractivity contribution in [3.8, 4) is 0 Å². The van der Waals surface area contributed by atoms with Gasteiger partial charge in [0.1, 0.15) is 0 Å². The van der Waals surface area contributed by atoms with E-state index in [-0.39, 0.29) is 0 Å². The van der Waals surface area contributed by atoms with Crippen LogP contribution in [0.15, 0.2) is 0 Å². The Hall–Kier alpha value is -0.0800. The van der Waals surface area contributed by atoms with Gasteiger partial charge in [-0.15, -0.1) is 0 Å². The summed E-state index contributed by atoms with van der Waals surface area (Å²) in [5.74, 6) is 1.59. The van der Waals surface area contributed by atoms with Crippen molar-refractivity contribution < 1.29 is 0 Å². The Kier molecular flexibility index (Phi) is 5.30. The first kappa shape index (κ1) is 15.3. The van der Waals surface area contributed by atoms with Gasteiger partial charge in [-0.05, 0) is 38.1 Å². The predicted molar refractivity (Wildman–Crippen MR) is 83.5 cm³/mol. The minimum Gasteiger partial charge on any atom is -0.298 e. The number of nitrogens with zero attached hydrogens (tertiary/aromatic N) is 2. The highest BCUT2D eigenvalue weighted by Crippen LogP contribution is 2.30. The Labute approximate surface area is 120 Å². The van der Waals surface area contributed by atoms with Crippen LogP contribution in [0.1, 0.15) is 60.3 Å². The molecule has 0 amide bonds. The highest BCUT2D eigenvalue weighted by atomic mass is 15.3. The van der Waals surface area contributed by atoms with E-state index >= 15 is 0 Å². The first-order chi connectivity index (χ1) is 9.04. The molecule has 19 heavy (non-hydrogen) atoms. The monoisotopic (exact) mass is 266 g/mol. The molecule has 2 fully saturated rings. The van der Waals surface area contributed by atoms with Crippen molar-refractivity contribution in [2.75, 3.05) is 19.6 Å². The summed E-state index contributed by atoms with van der Waals surface area (Å²) in [6, 6.07) is 2.34. The Morgan fingerprint density at radius 1 is 1.05 bits per heavy atom. The van der Waals surface area contributed by atoms with E-state index in [9.17, 15) is 0 Å². The van der Waals surface area contributed by atoms with Gasteiger partial charge in [0.25, 0.3) is 0 Å². The number of hydrogen-bond acceptors (Lipinski definition) is 2. The zero-order chi connectivity index (χ0) is 14.0. The average molecular weight is 266 g/mol. The van der Waals surface area contributed by atoms with Gasteiger partial charge in [0, 0.05) is 31.2 Å². The minimum absolute atomic E-state index is 0.737. The fraction of sp³-hybridized carbons (Fsp3) is 1.00. The zero-order valence-electron chi connectivity index (χ0n) is 13.7. The summed E-state index contributed by atoms with van der Waals surface area (Å²) in [4.78, 5) is 5.64. The smallest absolute Gasteiger partial charge is 0.0249 e. The minimum atomic E-state index is 0.737. The van der Waals surface area contributed by atoms with Crippen LogP contribution in [-0.2, 0) is 0 Å². The van der Waals surface area contributed by atoms with Crippen LogP contribution in [-0.4, -0.2) is 47.6 Å². The van der Waals surface area contributed by atoms with E-state index in [0.29, 0.717) is 0 Å². The Morgan fingerprint density at radius 2 is 1.79 bits per heavy atom. The molecule has 0 radical (unpaired) electrons. The van der Waals surface area contributed by atoms with E-state index in [4.69, 9.17) is 0 Å². The second kappa shape index (κ2) is 6.58. The number of fused-ring (bicyclic) bond motifs is 1. The normalized spacial score (nSPS) is 33.2.